The highest BCUT2D eigenvalue weighted by Crippen LogP contribution is 2.59. The van der Waals surface area contributed by atoms with Crippen LogP contribution in [0.1, 0.15) is 84.8 Å². The van der Waals surface area contributed by atoms with Gasteiger partial charge in [-0.15, -0.1) is 13.2 Å². The Morgan fingerprint density at radius 3 is 2.46 bits per heavy atom. The molecule has 7 atom stereocenters. The van der Waals surface area contributed by atoms with Crippen molar-refractivity contribution in [3.8, 4) is 0 Å². The largest absolute Gasteiger partial charge is 0.455 e. The van der Waals surface area contributed by atoms with Gasteiger partial charge in [-0.05, 0) is 56.9 Å². The number of hydrogen-bond donors (Lipinski definition) is 2. The predicted molar refractivity (Wildman–Crippen MR) is 190 cm³/mol. The van der Waals surface area contributed by atoms with E-state index in [-0.39, 0.29) is 62.3 Å². The third-order valence-electron chi connectivity index (χ3n) is 10.1. The normalized spacial score (nSPS) is 25.5. The lowest BCUT2D eigenvalue weighted by Crippen LogP contribution is -2.61. The number of aliphatic hydroxyl groups excluding tert-OH is 1. The van der Waals surface area contributed by atoms with Crippen LogP contribution < -0.4 is 5.32 Å². The number of amides is 3. The van der Waals surface area contributed by atoms with Gasteiger partial charge in [0.25, 0.3) is 0 Å². The summed E-state index contributed by atoms with van der Waals surface area (Å²) < 4.78 is 18.4. The fraction of sp³-hybridized carbons (Fsp3) is 0.641. The first-order chi connectivity index (χ1) is 23.7. The molecule has 11 nitrogen and oxygen atoms in total. The van der Waals surface area contributed by atoms with Crippen LogP contribution in [0.2, 0.25) is 0 Å². The number of likely N-dealkylation sites (tertiary alicyclic amines) is 1. The van der Waals surface area contributed by atoms with Gasteiger partial charge in [0.15, 0.2) is 0 Å². The minimum atomic E-state index is -1.23. The number of rotatable bonds is 18. The first-order valence-corrected chi connectivity index (χ1v) is 17.8. The topological polar surface area (TPSA) is 135 Å². The summed E-state index contributed by atoms with van der Waals surface area (Å²) in [6.07, 6.45) is 4.37. The van der Waals surface area contributed by atoms with Crippen LogP contribution in [0.4, 0.5) is 0 Å². The van der Waals surface area contributed by atoms with E-state index in [2.05, 4.69) is 39.2 Å². The first kappa shape index (κ1) is 39.2. The Morgan fingerprint density at radius 2 is 1.86 bits per heavy atom. The standard InChI is InChI=1S/C39H57N3O8/c1-9-11-18-29(44)40-27(24-48-8)32(26-16-13-12-14-17-26)49-36(47)30-28-19-20-39(50-28)31(30)34(45)41(22-15-23-43)33(39)35(46)42(21-10-2)38(6,7)25-37(3,4)5/h9-10,12-14,16-17,27-28,30-33,43H,1-2,11,15,18-25H2,3-8H3,(H,40,44)/t27-,28+,30-,31-,32-,33+,39-/m0/s1. The van der Waals surface area contributed by atoms with E-state index in [1.165, 1.54) is 12.0 Å². The number of hydrogen-bond acceptors (Lipinski definition) is 8. The first-order valence-electron chi connectivity index (χ1n) is 17.8. The molecule has 0 aliphatic carbocycles. The number of fused-ring (bicyclic) bond motifs is 1. The smallest absolute Gasteiger partial charge is 0.313 e. The molecule has 3 amide bonds. The molecular weight excluding hydrogens is 638 g/mol. The zero-order valence-electron chi connectivity index (χ0n) is 30.7. The predicted octanol–water partition coefficient (Wildman–Crippen LogP) is 4.35. The molecule has 0 aromatic heterocycles. The Kier molecular flexibility index (Phi) is 12.7. The summed E-state index contributed by atoms with van der Waals surface area (Å²) in [4.78, 5) is 59.9. The summed E-state index contributed by atoms with van der Waals surface area (Å²) in [5.74, 6) is -3.39. The molecule has 1 aromatic carbocycles. The van der Waals surface area contributed by atoms with Crippen LogP contribution in [0.3, 0.4) is 0 Å². The van der Waals surface area contributed by atoms with Crippen molar-refractivity contribution in [3.05, 3.63) is 61.2 Å². The molecule has 276 valence electrons. The molecular formula is C39H57N3O8. The monoisotopic (exact) mass is 695 g/mol. The number of allylic oxidation sites excluding steroid dienone is 1. The van der Waals surface area contributed by atoms with E-state index < -0.39 is 53.2 Å². The molecule has 2 bridgehead atoms. The van der Waals surface area contributed by atoms with Crippen LogP contribution in [0.15, 0.2) is 55.6 Å². The lowest BCUT2D eigenvalue weighted by Gasteiger charge is -2.45. The number of carbonyl (C=O) groups is 4. The summed E-state index contributed by atoms with van der Waals surface area (Å²) in [6, 6.07) is 7.41. The van der Waals surface area contributed by atoms with E-state index in [1.54, 1.807) is 17.1 Å². The molecule has 2 N–H and O–H groups in total. The van der Waals surface area contributed by atoms with Crippen molar-refractivity contribution in [1.29, 1.82) is 0 Å². The van der Waals surface area contributed by atoms with E-state index in [4.69, 9.17) is 14.2 Å². The number of methoxy groups -OCH3 is 1. The highest BCUT2D eigenvalue weighted by atomic mass is 16.6. The Morgan fingerprint density at radius 1 is 1.16 bits per heavy atom. The Hall–Kier alpha value is -3.54. The molecule has 0 saturated carbocycles. The third kappa shape index (κ3) is 8.16. The third-order valence-corrected chi connectivity index (χ3v) is 10.1. The number of esters is 1. The van der Waals surface area contributed by atoms with Crippen molar-refractivity contribution in [1.82, 2.24) is 15.1 Å². The number of nitrogens with zero attached hydrogens (tertiary/aromatic N) is 2. The fourth-order valence-electron chi connectivity index (χ4n) is 8.61. The quantitative estimate of drug-likeness (QED) is 0.171. The van der Waals surface area contributed by atoms with Crippen LogP contribution in [-0.4, -0.2) is 101 Å². The van der Waals surface area contributed by atoms with Crippen LogP contribution in [-0.2, 0) is 33.4 Å². The van der Waals surface area contributed by atoms with Crippen molar-refractivity contribution in [3.63, 3.8) is 0 Å². The maximum absolute atomic E-state index is 14.9. The van der Waals surface area contributed by atoms with Crippen molar-refractivity contribution in [2.45, 2.75) is 109 Å². The van der Waals surface area contributed by atoms with Gasteiger partial charge < -0.3 is 34.4 Å². The molecule has 3 heterocycles. The van der Waals surface area contributed by atoms with E-state index in [0.717, 1.165) is 0 Å². The Labute approximate surface area is 297 Å². The lowest BCUT2D eigenvalue weighted by molar-refractivity contribution is -0.163. The van der Waals surface area contributed by atoms with Gasteiger partial charge in [0.05, 0.1) is 30.6 Å². The van der Waals surface area contributed by atoms with E-state index in [0.29, 0.717) is 31.2 Å². The number of benzene rings is 1. The van der Waals surface area contributed by atoms with E-state index in [9.17, 15) is 24.3 Å². The van der Waals surface area contributed by atoms with Crippen LogP contribution in [0.25, 0.3) is 0 Å². The zero-order chi connectivity index (χ0) is 36.9. The van der Waals surface area contributed by atoms with Crippen molar-refractivity contribution >= 4 is 23.7 Å². The molecule has 3 aliphatic rings. The van der Waals surface area contributed by atoms with Crippen LogP contribution >= 0.6 is 0 Å². The number of nitrogens with one attached hydrogen (secondary N) is 1. The summed E-state index contributed by atoms with van der Waals surface area (Å²) in [5.41, 5.74) is -1.26. The van der Waals surface area contributed by atoms with Crippen LogP contribution in [0, 0.1) is 17.3 Å². The number of aliphatic hydroxyl groups is 1. The molecule has 1 spiro atoms. The van der Waals surface area contributed by atoms with Gasteiger partial charge in [-0.1, -0.05) is 63.3 Å². The number of ether oxygens (including phenoxy) is 3. The second-order valence-corrected chi connectivity index (χ2v) is 15.7. The molecule has 4 rings (SSSR count). The minimum Gasteiger partial charge on any atom is -0.455 e. The highest BCUT2D eigenvalue weighted by molar-refractivity contribution is 5.98. The molecule has 3 fully saturated rings. The SMILES string of the molecule is C=CCCC(=O)N[C@@H](COC)[C@@H](OC(=O)[C@@H]1[C@H]2C(=O)N(CCCO)[C@H](C(=O)N(CC=C)C(C)(C)CC(C)(C)C)[C@]23CC[C@H]1O3)c1ccccc1. The number of carbonyl (C=O) groups excluding carboxylic acids is 4. The van der Waals surface area contributed by atoms with Crippen molar-refractivity contribution in [2.24, 2.45) is 17.3 Å². The van der Waals surface area contributed by atoms with Crippen molar-refractivity contribution < 1.29 is 38.5 Å². The van der Waals surface area contributed by atoms with Gasteiger partial charge in [0, 0.05) is 38.8 Å². The van der Waals surface area contributed by atoms with Gasteiger partial charge in [0.2, 0.25) is 17.7 Å². The highest BCUT2D eigenvalue weighted by Gasteiger charge is 2.75. The average Bonchev–Trinajstić information content (AvgIpc) is 3.70. The zero-order valence-corrected chi connectivity index (χ0v) is 30.7. The van der Waals surface area contributed by atoms with E-state index >= 15 is 0 Å². The van der Waals surface area contributed by atoms with Gasteiger partial charge in [-0.3, -0.25) is 19.2 Å². The maximum atomic E-state index is 14.9. The molecule has 0 radical (unpaired) electrons. The minimum absolute atomic E-state index is 0.0680. The van der Waals surface area contributed by atoms with Gasteiger partial charge >= 0.3 is 5.97 Å². The van der Waals surface area contributed by atoms with E-state index in [1.807, 2.05) is 44.2 Å². The van der Waals surface area contributed by atoms with Gasteiger partial charge in [-0.25, -0.2) is 0 Å². The molecule has 11 heteroatoms. The second-order valence-electron chi connectivity index (χ2n) is 15.7. The fourth-order valence-corrected chi connectivity index (χ4v) is 8.61. The molecule has 50 heavy (non-hydrogen) atoms. The van der Waals surface area contributed by atoms with Gasteiger partial charge in [-0.2, -0.15) is 0 Å². The average molecular weight is 696 g/mol. The summed E-state index contributed by atoms with van der Waals surface area (Å²) >= 11 is 0. The van der Waals surface area contributed by atoms with Crippen molar-refractivity contribution in [2.75, 3.05) is 33.4 Å². The second kappa shape index (κ2) is 16.2. The lowest BCUT2D eigenvalue weighted by atomic mass is 9.70. The Balaban J connectivity index is 1.71. The maximum Gasteiger partial charge on any atom is 0.313 e. The molecule has 1 aromatic rings. The molecule has 3 aliphatic heterocycles. The summed E-state index contributed by atoms with van der Waals surface area (Å²) in [6.45, 7) is 18.3. The van der Waals surface area contributed by atoms with Crippen LogP contribution in [0.5, 0.6) is 0 Å². The molecule has 0 unspecified atom stereocenters. The van der Waals surface area contributed by atoms with Gasteiger partial charge in [0.1, 0.15) is 17.7 Å². The molecule has 3 saturated heterocycles. The summed E-state index contributed by atoms with van der Waals surface area (Å²) in [7, 11) is 1.51. The summed E-state index contributed by atoms with van der Waals surface area (Å²) in [5, 5.41) is 12.7. The Bertz CT molecular complexity index is 1390.